The summed E-state index contributed by atoms with van der Waals surface area (Å²) in [6, 6.07) is 25.8. The van der Waals surface area contributed by atoms with Crippen molar-refractivity contribution >= 4 is 47.2 Å². The summed E-state index contributed by atoms with van der Waals surface area (Å²) >= 11 is 6.03. The van der Waals surface area contributed by atoms with Crippen LogP contribution in [0.4, 0.5) is 10.2 Å². The molecule has 3 aromatic carbocycles. The zero-order valence-corrected chi connectivity index (χ0v) is 20.1. The molecule has 0 fully saturated rings. The Bertz CT molecular complexity index is 1290. The topological polar surface area (TPSA) is 33.2 Å². The number of fused-ring (bicyclic) bond motifs is 1. The van der Waals surface area contributed by atoms with Crippen molar-refractivity contribution in [1.29, 1.82) is 0 Å². The normalized spacial score (nSPS) is 13.0. The Labute approximate surface area is 203 Å². The number of anilines is 1. The molecular formula is C27H20ClFN2OSe. The van der Waals surface area contributed by atoms with Crippen LogP contribution in [0.1, 0.15) is 22.3 Å². The van der Waals surface area contributed by atoms with E-state index in [1.165, 1.54) is 16.6 Å². The Balaban J connectivity index is 1.60. The van der Waals surface area contributed by atoms with Crippen molar-refractivity contribution in [2.45, 2.75) is 12.8 Å². The van der Waals surface area contributed by atoms with E-state index in [2.05, 4.69) is 18.2 Å². The van der Waals surface area contributed by atoms with E-state index in [9.17, 15) is 9.18 Å². The number of halogens is 2. The molecular weight excluding hydrogens is 502 g/mol. The minimum atomic E-state index is -0.286. The molecule has 2 heterocycles. The van der Waals surface area contributed by atoms with E-state index in [4.69, 9.17) is 16.6 Å². The van der Waals surface area contributed by atoms with Crippen molar-refractivity contribution in [3.8, 4) is 11.3 Å². The van der Waals surface area contributed by atoms with E-state index in [1.807, 2.05) is 18.2 Å². The summed E-state index contributed by atoms with van der Waals surface area (Å²) in [6.45, 7) is 0.605. The third-order valence-electron chi connectivity index (χ3n) is 5.55. The van der Waals surface area contributed by atoms with Gasteiger partial charge in [-0.15, -0.1) is 0 Å². The van der Waals surface area contributed by atoms with Crippen LogP contribution in [0.15, 0.2) is 84.9 Å². The molecule has 0 spiro atoms. The van der Waals surface area contributed by atoms with E-state index in [0.29, 0.717) is 22.9 Å². The fourth-order valence-electron chi connectivity index (χ4n) is 3.93. The summed E-state index contributed by atoms with van der Waals surface area (Å²) in [6.07, 6.45) is 1.75. The summed E-state index contributed by atoms with van der Waals surface area (Å²) in [5.41, 5.74) is 3.29. The number of carbonyl (C=O) groups excluding carboxylic acids is 1. The van der Waals surface area contributed by atoms with Gasteiger partial charge in [-0.3, -0.25) is 0 Å². The van der Waals surface area contributed by atoms with Gasteiger partial charge in [-0.25, -0.2) is 0 Å². The number of aryl methyl sites for hydroxylation is 1. The predicted molar refractivity (Wildman–Crippen MR) is 133 cm³/mol. The van der Waals surface area contributed by atoms with Gasteiger partial charge in [0.25, 0.3) is 0 Å². The van der Waals surface area contributed by atoms with Crippen LogP contribution in [0.25, 0.3) is 11.3 Å². The van der Waals surface area contributed by atoms with Gasteiger partial charge in [0.1, 0.15) is 0 Å². The second-order valence-corrected chi connectivity index (χ2v) is 10.6. The number of hydrogen-bond donors (Lipinski definition) is 0. The molecule has 0 aliphatic carbocycles. The fourth-order valence-corrected chi connectivity index (χ4v) is 6.17. The van der Waals surface area contributed by atoms with Crippen molar-refractivity contribution in [2.75, 3.05) is 11.4 Å². The number of hydrogen-bond acceptors (Lipinski definition) is 2. The van der Waals surface area contributed by atoms with Gasteiger partial charge in [0.15, 0.2) is 0 Å². The SMILES string of the molecule is O=C(c1ccc(Cl)cc1)N1CCCc2cc([Se]c3ccccc3)c(-c3ccc(F)cc3)nc21. The molecule has 0 unspecified atom stereocenters. The van der Waals surface area contributed by atoms with E-state index in [0.717, 1.165) is 34.1 Å². The molecule has 164 valence electrons. The first-order valence-corrected chi connectivity index (χ1v) is 12.8. The quantitative estimate of drug-likeness (QED) is 0.362. The molecule has 6 heteroatoms. The molecule has 1 aromatic heterocycles. The molecule has 1 aliphatic heterocycles. The van der Waals surface area contributed by atoms with E-state index >= 15 is 0 Å². The number of benzene rings is 3. The first kappa shape index (κ1) is 21.8. The molecule has 33 heavy (non-hydrogen) atoms. The van der Waals surface area contributed by atoms with Crippen LogP contribution in [0.3, 0.4) is 0 Å². The Morgan fingerprint density at radius 1 is 0.970 bits per heavy atom. The molecule has 4 aromatic rings. The average molecular weight is 522 g/mol. The third kappa shape index (κ3) is 4.72. The Morgan fingerprint density at radius 3 is 2.42 bits per heavy atom. The third-order valence-corrected chi connectivity index (χ3v) is 7.98. The van der Waals surface area contributed by atoms with E-state index in [-0.39, 0.29) is 26.7 Å². The van der Waals surface area contributed by atoms with Crippen molar-refractivity contribution in [2.24, 2.45) is 0 Å². The first-order valence-electron chi connectivity index (χ1n) is 10.7. The molecule has 1 aliphatic rings. The summed E-state index contributed by atoms with van der Waals surface area (Å²) in [5, 5.41) is 0.593. The van der Waals surface area contributed by atoms with E-state index < -0.39 is 0 Å². The number of carbonyl (C=O) groups is 1. The zero-order valence-electron chi connectivity index (χ0n) is 17.7. The number of aromatic nitrogens is 1. The average Bonchev–Trinajstić information content (AvgIpc) is 2.84. The number of nitrogens with zero attached hydrogens (tertiary/aromatic N) is 2. The standard InChI is InChI=1S/C27H20ClFN2OSe/c28-21-12-8-19(9-13-21)27(32)31-16-4-5-20-17-24(33-23-6-2-1-3-7-23)25(30-26(20)31)18-10-14-22(29)15-11-18/h1-3,6-15,17H,4-5,16H2. The van der Waals surface area contributed by atoms with Crippen LogP contribution in [-0.4, -0.2) is 32.4 Å². The molecule has 0 atom stereocenters. The summed E-state index contributed by atoms with van der Waals surface area (Å²) < 4.78 is 16.0. The number of amides is 1. The second-order valence-electron chi connectivity index (χ2n) is 7.81. The van der Waals surface area contributed by atoms with Gasteiger partial charge < -0.3 is 0 Å². The fraction of sp³-hybridized carbons (Fsp3) is 0.111. The zero-order chi connectivity index (χ0) is 22.8. The van der Waals surface area contributed by atoms with Crippen LogP contribution in [-0.2, 0) is 6.42 Å². The first-order chi connectivity index (χ1) is 16.1. The van der Waals surface area contributed by atoms with E-state index in [1.54, 1.807) is 41.3 Å². The van der Waals surface area contributed by atoms with Gasteiger partial charge in [-0.1, -0.05) is 0 Å². The molecule has 5 rings (SSSR count). The van der Waals surface area contributed by atoms with Gasteiger partial charge >= 0.3 is 204 Å². The summed E-state index contributed by atoms with van der Waals surface area (Å²) in [5.74, 6) is 0.311. The molecule has 0 saturated heterocycles. The van der Waals surface area contributed by atoms with Crippen LogP contribution < -0.4 is 13.8 Å². The summed E-state index contributed by atoms with van der Waals surface area (Å²) in [4.78, 5) is 20.1. The van der Waals surface area contributed by atoms with Gasteiger partial charge in [0.2, 0.25) is 0 Å². The molecule has 3 nitrogen and oxygen atoms in total. The maximum atomic E-state index is 13.6. The van der Waals surface area contributed by atoms with Crippen LogP contribution in [0.2, 0.25) is 5.02 Å². The maximum absolute atomic E-state index is 13.6. The summed E-state index contributed by atoms with van der Waals surface area (Å²) in [7, 11) is 0. The predicted octanol–water partition coefficient (Wildman–Crippen LogP) is 4.79. The van der Waals surface area contributed by atoms with Crippen LogP contribution in [0.5, 0.6) is 0 Å². The molecule has 0 bridgehead atoms. The van der Waals surface area contributed by atoms with Gasteiger partial charge in [-0.2, -0.15) is 0 Å². The second kappa shape index (κ2) is 9.48. The van der Waals surface area contributed by atoms with Crippen molar-refractivity contribution in [1.82, 2.24) is 4.98 Å². The van der Waals surface area contributed by atoms with Crippen molar-refractivity contribution < 1.29 is 9.18 Å². The Kier molecular flexibility index (Phi) is 6.28. The van der Waals surface area contributed by atoms with Crippen LogP contribution >= 0.6 is 11.6 Å². The van der Waals surface area contributed by atoms with Crippen molar-refractivity contribution in [3.05, 3.63) is 107 Å². The molecule has 0 radical (unpaired) electrons. The Morgan fingerprint density at radius 2 is 1.70 bits per heavy atom. The molecule has 0 saturated carbocycles. The number of pyridine rings is 1. The molecule has 0 N–H and O–H groups in total. The van der Waals surface area contributed by atoms with Crippen LogP contribution in [0, 0.1) is 5.82 Å². The van der Waals surface area contributed by atoms with Gasteiger partial charge in [-0.05, 0) is 0 Å². The van der Waals surface area contributed by atoms with Gasteiger partial charge in [0.05, 0.1) is 0 Å². The molecule has 1 amide bonds. The monoisotopic (exact) mass is 522 g/mol. The minimum absolute atomic E-state index is 0.0233. The Hall–Kier alpha value is -2.98. The van der Waals surface area contributed by atoms with Crippen molar-refractivity contribution in [3.63, 3.8) is 0 Å². The van der Waals surface area contributed by atoms with Gasteiger partial charge in [0, 0.05) is 0 Å². The number of rotatable bonds is 4.